The lowest BCUT2D eigenvalue weighted by Gasteiger charge is -2.43. The fourth-order valence-corrected chi connectivity index (χ4v) is 6.68. The molecule has 2 aliphatic heterocycles. The van der Waals surface area contributed by atoms with E-state index < -0.39 is 10.0 Å². The quantitative estimate of drug-likeness (QED) is 0.806. The Labute approximate surface area is 158 Å². The third kappa shape index (κ3) is 3.23. The van der Waals surface area contributed by atoms with E-state index in [0.29, 0.717) is 36.1 Å². The van der Waals surface area contributed by atoms with Gasteiger partial charge in [-0.3, -0.25) is 4.90 Å². The van der Waals surface area contributed by atoms with Crippen molar-refractivity contribution in [3.63, 3.8) is 0 Å². The molecular weight excluding hydrogens is 344 g/mol. The average molecular weight is 377 g/mol. The van der Waals surface area contributed by atoms with Gasteiger partial charge in [0.25, 0.3) is 0 Å². The van der Waals surface area contributed by atoms with Gasteiger partial charge < -0.3 is 0 Å². The first-order valence-corrected chi connectivity index (χ1v) is 11.6. The van der Waals surface area contributed by atoms with Gasteiger partial charge in [0, 0.05) is 31.2 Å². The van der Waals surface area contributed by atoms with Crippen LogP contribution in [0.5, 0.6) is 0 Å². The molecule has 1 aliphatic carbocycles. The molecule has 5 heteroatoms. The Morgan fingerprint density at radius 3 is 1.88 bits per heavy atom. The van der Waals surface area contributed by atoms with Crippen LogP contribution in [-0.2, 0) is 15.4 Å². The summed E-state index contributed by atoms with van der Waals surface area (Å²) in [6.07, 6.45) is 7.57. The second kappa shape index (κ2) is 6.61. The lowest BCUT2D eigenvalue weighted by atomic mass is 9.87. The third-order valence-electron chi connectivity index (χ3n) is 6.61. The first kappa shape index (κ1) is 18.5. The van der Waals surface area contributed by atoms with Crippen LogP contribution in [0.3, 0.4) is 0 Å². The van der Waals surface area contributed by atoms with Crippen molar-refractivity contribution in [2.24, 2.45) is 0 Å². The molecule has 4 rings (SSSR count). The monoisotopic (exact) mass is 376 g/mol. The van der Waals surface area contributed by atoms with Gasteiger partial charge in [0.2, 0.25) is 10.0 Å². The van der Waals surface area contributed by atoms with Gasteiger partial charge in [0.1, 0.15) is 0 Å². The summed E-state index contributed by atoms with van der Waals surface area (Å²) >= 11 is 0. The highest BCUT2D eigenvalue weighted by atomic mass is 32.2. The van der Waals surface area contributed by atoms with E-state index in [1.54, 1.807) is 16.4 Å². The van der Waals surface area contributed by atoms with Gasteiger partial charge in [-0.15, -0.1) is 0 Å². The van der Waals surface area contributed by atoms with Crippen LogP contribution in [-0.4, -0.2) is 48.8 Å². The van der Waals surface area contributed by atoms with Gasteiger partial charge >= 0.3 is 0 Å². The summed E-state index contributed by atoms with van der Waals surface area (Å²) in [5.41, 5.74) is 1.21. The molecule has 0 N–H and O–H groups in total. The summed E-state index contributed by atoms with van der Waals surface area (Å²) in [5, 5.41) is 0. The molecule has 0 aromatic heterocycles. The Kier molecular flexibility index (Phi) is 4.69. The molecule has 4 nitrogen and oxygen atoms in total. The minimum atomic E-state index is -3.39. The number of sulfonamides is 1. The van der Waals surface area contributed by atoms with Gasteiger partial charge in [-0.1, -0.05) is 45.7 Å². The van der Waals surface area contributed by atoms with E-state index in [2.05, 4.69) is 25.7 Å². The van der Waals surface area contributed by atoms with E-state index in [-0.39, 0.29) is 5.41 Å². The fraction of sp³-hybridized carbons (Fsp3) is 0.714. The van der Waals surface area contributed by atoms with Crippen molar-refractivity contribution in [3.8, 4) is 0 Å². The molecule has 2 heterocycles. The second-order valence-electron chi connectivity index (χ2n) is 9.37. The summed E-state index contributed by atoms with van der Waals surface area (Å²) in [4.78, 5) is 3.13. The van der Waals surface area contributed by atoms with Crippen LogP contribution in [0.15, 0.2) is 29.2 Å². The zero-order valence-electron chi connectivity index (χ0n) is 16.3. The first-order valence-electron chi connectivity index (χ1n) is 10.1. The Morgan fingerprint density at radius 1 is 0.846 bits per heavy atom. The molecule has 3 fully saturated rings. The highest BCUT2D eigenvalue weighted by molar-refractivity contribution is 7.89. The van der Waals surface area contributed by atoms with Gasteiger partial charge in [-0.25, -0.2) is 8.42 Å². The largest absolute Gasteiger partial charge is 0.292 e. The van der Waals surface area contributed by atoms with E-state index in [1.165, 1.54) is 31.2 Å². The predicted molar refractivity (Wildman–Crippen MR) is 105 cm³/mol. The number of hydrogen-bond acceptors (Lipinski definition) is 3. The van der Waals surface area contributed by atoms with Crippen molar-refractivity contribution < 1.29 is 8.42 Å². The molecular formula is C21H32N2O2S. The number of benzene rings is 1. The number of fused-ring (bicyclic) bond motifs is 2. The minimum Gasteiger partial charge on any atom is -0.292 e. The molecule has 26 heavy (non-hydrogen) atoms. The van der Waals surface area contributed by atoms with Crippen LogP contribution < -0.4 is 0 Å². The van der Waals surface area contributed by atoms with Crippen LogP contribution >= 0.6 is 0 Å². The second-order valence-corrected chi connectivity index (χ2v) is 11.3. The lowest BCUT2D eigenvalue weighted by Crippen LogP contribution is -2.57. The number of nitrogens with zero attached hydrogens (tertiary/aromatic N) is 2. The van der Waals surface area contributed by atoms with Crippen LogP contribution in [0.4, 0.5) is 0 Å². The smallest absolute Gasteiger partial charge is 0.243 e. The average Bonchev–Trinajstić information content (AvgIpc) is 3.19. The van der Waals surface area contributed by atoms with Gasteiger partial charge in [0.15, 0.2) is 0 Å². The number of piperazine rings is 1. The topological polar surface area (TPSA) is 40.6 Å². The zero-order valence-corrected chi connectivity index (χ0v) is 17.1. The molecule has 0 spiro atoms. The maximum atomic E-state index is 13.2. The predicted octanol–water partition coefficient (Wildman–Crippen LogP) is 3.76. The van der Waals surface area contributed by atoms with E-state index in [0.717, 1.165) is 12.8 Å². The van der Waals surface area contributed by atoms with Gasteiger partial charge in [0.05, 0.1) is 4.90 Å². The molecule has 0 radical (unpaired) electrons. The van der Waals surface area contributed by atoms with E-state index in [9.17, 15) is 8.42 Å². The van der Waals surface area contributed by atoms with Crippen molar-refractivity contribution in [1.82, 2.24) is 9.21 Å². The Balaban J connectivity index is 1.53. The molecule has 2 atom stereocenters. The number of hydrogen-bond donors (Lipinski definition) is 0. The molecule has 1 saturated carbocycles. The van der Waals surface area contributed by atoms with E-state index in [1.807, 2.05) is 12.1 Å². The Hall–Kier alpha value is -0.910. The minimum absolute atomic E-state index is 0.0360. The fourth-order valence-electron chi connectivity index (χ4n) is 5.17. The molecule has 1 aromatic carbocycles. The number of rotatable bonds is 3. The third-order valence-corrected chi connectivity index (χ3v) is 8.46. The summed E-state index contributed by atoms with van der Waals surface area (Å²) in [6, 6.07) is 9.05. The molecule has 3 aliphatic rings. The molecule has 0 unspecified atom stereocenters. The molecule has 144 valence electrons. The molecule has 0 amide bonds. The first-order chi connectivity index (χ1) is 12.3. The summed E-state index contributed by atoms with van der Waals surface area (Å²) in [7, 11) is -3.39. The molecule has 1 aromatic rings. The standard InChI is InChI=1S/C21H32N2O2S/c1-21(2,3)16-8-12-20(13-9-16)26(24,25)22-14-18-10-11-19(15-22)23(18)17-6-4-5-7-17/h8-9,12-13,17-19H,4-7,10-11,14-15H2,1-3H3/t18-,19+. The normalized spacial score (nSPS) is 28.7. The zero-order chi connectivity index (χ0) is 18.5. The van der Waals surface area contributed by atoms with Crippen LogP contribution in [0, 0.1) is 0 Å². The Bertz CT molecular complexity index is 731. The highest BCUT2D eigenvalue weighted by Crippen LogP contribution is 2.38. The Morgan fingerprint density at radius 2 is 1.38 bits per heavy atom. The highest BCUT2D eigenvalue weighted by Gasteiger charge is 2.46. The van der Waals surface area contributed by atoms with Crippen LogP contribution in [0.25, 0.3) is 0 Å². The van der Waals surface area contributed by atoms with Crippen molar-refractivity contribution in [1.29, 1.82) is 0 Å². The van der Waals surface area contributed by atoms with Crippen molar-refractivity contribution in [2.45, 2.75) is 87.7 Å². The molecule has 2 saturated heterocycles. The van der Waals surface area contributed by atoms with Crippen molar-refractivity contribution in [2.75, 3.05) is 13.1 Å². The van der Waals surface area contributed by atoms with Crippen LogP contribution in [0.1, 0.15) is 64.9 Å². The van der Waals surface area contributed by atoms with Gasteiger partial charge in [-0.05, 0) is 48.8 Å². The summed E-state index contributed by atoms with van der Waals surface area (Å²) < 4.78 is 28.2. The molecule has 2 bridgehead atoms. The summed E-state index contributed by atoms with van der Waals surface area (Å²) in [5.74, 6) is 0. The lowest BCUT2D eigenvalue weighted by molar-refractivity contribution is 0.0677. The van der Waals surface area contributed by atoms with Crippen molar-refractivity contribution >= 4 is 10.0 Å². The maximum absolute atomic E-state index is 13.2. The maximum Gasteiger partial charge on any atom is 0.243 e. The van der Waals surface area contributed by atoms with E-state index in [4.69, 9.17) is 0 Å². The summed E-state index contributed by atoms with van der Waals surface area (Å²) in [6.45, 7) is 7.77. The SMILES string of the molecule is CC(C)(C)c1ccc(S(=O)(=O)N2C[C@H]3CC[C@@H](C2)N3C2CCCC2)cc1. The van der Waals surface area contributed by atoms with Crippen molar-refractivity contribution in [3.05, 3.63) is 29.8 Å². The van der Waals surface area contributed by atoms with E-state index >= 15 is 0 Å². The van der Waals surface area contributed by atoms with Gasteiger partial charge in [-0.2, -0.15) is 4.31 Å². The van der Waals surface area contributed by atoms with Crippen LogP contribution in [0.2, 0.25) is 0 Å².